The lowest BCUT2D eigenvalue weighted by atomic mass is 9.93. The van der Waals surface area contributed by atoms with Gasteiger partial charge in [0.15, 0.2) is 4.80 Å². The van der Waals surface area contributed by atoms with Gasteiger partial charge in [0.05, 0.1) is 35.6 Å². The van der Waals surface area contributed by atoms with Crippen molar-refractivity contribution in [2.24, 2.45) is 4.99 Å². The molecule has 0 bridgehead atoms. The van der Waals surface area contributed by atoms with Gasteiger partial charge in [-0.25, -0.2) is 9.79 Å². The number of rotatable bonds is 7. The molecule has 0 amide bonds. The van der Waals surface area contributed by atoms with E-state index >= 15 is 0 Å². The van der Waals surface area contributed by atoms with Crippen molar-refractivity contribution >= 4 is 29.1 Å². The Morgan fingerprint density at radius 2 is 1.73 bits per heavy atom. The second kappa shape index (κ2) is 12.0. The smallest absolute Gasteiger partial charge is 0.338 e. The number of nitrogens with zero attached hydrogens (tertiary/aromatic N) is 3. The predicted octanol–water partition coefficient (Wildman–Crippen LogP) is 5.66. The molecule has 0 aliphatic carbocycles. The van der Waals surface area contributed by atoms with E-state index < -0.39 is 12.0 Å². The molecular weight excluding hydrogens is 570 g/mol. The Bertz CT molecular complexity index is 2080. The lowest BCUT2D eigenvalue weighted by Crippen LogP contribution is -2.40. The number of thiazole rings is 1. The first-order valence-electron chi connectivity index (χ1n) is 14.5. The van der Waals surface area contributed by atoms with Crippen molar-refractivity contribution in [1.29, 1.82) is 0 Å². The van der Waals surface area contributed by atoms with E-state index in [0.29, 0.717) is 26.4 Å². The van der Waals surface area contributed by atoms with Crippen molar-refractivity contribution in [2.45, 2.75) is 33.7 Å². The highest BCUT2D eigenvalue weighted by molar-refractivity contribution is 7.07. The maximum Gasteiger partial charge on any atom is 0.338 e. The monoisotopic (exact) mass is 603 g/mol. The van der Waals surface area contributed by atoms with Crippen LogP contribution in [0.3, 0.4) is 0 Å². The number of aryl methyl sites for hydroxylation is 2. The number of carbonyl (C=O) groups excluding carboxylic acids is 1. The van der Waals surface area contributed by atoms with Gasteiger partial charge >= 0.3 is 5.97 Å². The number of hydrogen-bond donors (Lipinski definition) is 0. The van der Waals surface area contributed by atoms with Gasteiger partial charge in [0.25, 0.3) is 5.56 Å². The summed E-state index contributed by atoms with van der Waals surface area (Å²) in [7, 11) is 1.59. The quantitative estimate of drug-likeness (QED) is 0.225. The third-order valence-electron chi connectivity index (χ3n) is 7.83. The first-order chi connectivity index (χ1) is 21.3. The Kier molecular flexibility index (Phi) is 7.93. The Balaban J connectivity index is 1.60. The van der Waals surface area contributed by atoms with E-state index in [0.717, 1.165) is 33.8 Å². The average Bonchev–Trinajstić information content (AvgIpc) is 3.50. The van der Waals surface area contributed by atoms with Crippen molar-refractivity contribution < 1.29 is 14.3 Å². The van der Waals surface area contributed by atoms with Crippen molar-refractivity contribution in [3.05, 3.63) is 144 Å². The van der Waals surface area contributed by atoms with Crippen LogP contribution in [-0.2, 0) is 9.53 Å². The van der Waals surface area contributed by atoms with Gasteiger partial charge in [0.1, 0.15) is 5.75 Å². The third-order valence-corrected chi connectivity index (χ3v) is 8.82. The fraction of sp³-hybridized carbons (Fsp3) is 0.194. The van der Waals surface area contributed by atoms with Gasteiger partial charge < -0.3 is 14.0 Å². The normalized spacial score (nSPS) is 14.8. The zero-order valence-electron chi connectivity index (χ0n) is 25.3. The van der Waals surface area contributed by atoms with Crippen LogP contribution in [0.15, 0.2) is 100 Å². The van der Waals surface area contributed by atoms with Gasteiger partial charge in [0, 0.05) is 22.6 Å². The summed E-state index contributed by atoms with van der Waals surface area (Å²) in [4.78, 5) is 33.4. The second-order valence-electron chi connectivity index (χ2n) is 10.7. The molecule has 3 heterocycles. The molecule has 0 spiro atoms. The molecule has 1 atom stereocenters. The minimum absolute atomic E-state index is 0.191. The van der Waals surface area contributed by atoms with Crippen LogP contribution in [0.25, 0.3) is 17.5 Å². The van der Waals surface area contributed by atoms with Crippen LogP contribution in [-0.4, -0.2) is 28.8 Å². The fourth-order valence-corrected chi connectivity index (χ4v) is 6.73. The van der Waals surface area contributed by atoms with E-state index in [2.05, 4.69) is 55.7 Å². The van der Waals surface area contributed by atoms with Crippen LogP contribution in [0, 0.1) is 20.8 Å². The number of ether oxygens (including phenoxy) is 2. The summed E-state index contributed by atoms with van der Waals surface area (Å²) in [5.74, 6) is 0.105. The van der Waals surface area contributed by atoms with Crippen LogP contribution in [0.4, 0.5) is 0 Å². The molecule has 8 heteroatoms. The topological polar surface area (TPSA) is 74.8 Å². The standard InChI is InChI=1S/C36H33N3O4S/c1-6-43-35(41)31-32(25-11-8-7-9-12-25)37-36-39(33(31)26-13-10-14-29(20-26)42-5)34(40)30(44-36)21-27-19-23(3)38(24(27)4)28-17-15-22(2)16-18-28/h7-21,33H,6H2,1-5H3/b30-21-/t33-/m0/s1. The highest BCUT2D eigenvalue weighted by atomic mass is 32.1. The first-order valence-corrected chi connectivity index (χ1v) is 15.3. The lowest BCUT2D eigenvalue weighted by Gasteiger charge is -2.26. The zero-order valence-corrected chi connectivity index (χ0v) is 26.1. The number of aromatic nitrogens is 2. The predicted molar refractivity (Wildman–Crippen MR) is 174 cm³/mol. The van der Waals surface area contributed by atoms with Gasteiger partial charge in [-0.1, -0.05) is 71.5 Å². The summed E-state index contributed by atoms with van der Waals surface area (Å²) < 4.78 is 15.4. The maximum atomic E-state index is 14.3. The van der Waals surface area contributed by atoms with E-state index in [-0.39, 0.29) is 12.2 Å². The highest BCUT2D eigenvalue weighted by Gasteiger charge is 2.35. The SMILES string of the molecule is CCOC(=O)C1=C(c2ccccc2)N=c2s/c(=C\c3cc(C)n(-c4ccc(C)cc4)c3C)c(=O)n2[C@H]1c1cccc(OC)c1. The Labute approximate surface area is 259 Å². The molecular formula is C36H33N3O4S. The van der Waals surface area contributed by atoms with Crippen molar-refractivity contribution in [3.8, 4) is 11.4 Å². The van der Waals surface area contributed by atoms with Crippen LogP contribution in [0.2, 0.25) is 0 Å². The summed E-state index contributed by atoms with van der Waals surface area (Å²) in [6, 6.07) is 26.7. The fourth-order valence-electron chi connectivity index (χ4n) is 5.73. The van der Waals surface area contributed by atoms with Crippen LogP contribution >= 0.6 is 11.3 Å². The summed E-state index contributed by atoms with van der Waals surface area (Å²) in [5, 5.41) is 0. The Morgan fingerprint density at radius 1 is 0.977 bits per heavy atom. The Hall–Kier alpha value is -4.95. The van der Waals surface area contributed by atoms with E-state index in [9.17, 15) is 9.59 Å². The number of benzene rings is 3. The molecule has 2 aromatic heterocycles. The van der Waals surface area contributed by atoms with Crippen molar-refractivity contribution in [2.75, 3.05) is 13.7 Å². The van der Waals surface area contributed by atoms with Gasteiger partial charge in [-0.3, -0.25) is 9.36 Å². The van der Waals surface area contributed by atoms with Crippen LogP contribution < -0.4 is 19.6 Å². The Morgan fingerprint density at radius 3 is 2.43 bits per heavy atom. The number of hydrogen-bond acceptors (Lipinski definition) is 6. The highest BCUT2D eigenvalue weighted by Crippen LogP contribution is 2.36. The molecule has 222 valence electrons. The zero-order chi connectivity index (χ0) is 31.0. The molecule has 0 saturated carbocycles. The van der Waals surface area contributed by atoms with Crippen LogP contribution in [0.5, 0.6) is 5.75 Å². The van der Waals surface area contributed by atoms with Gasteiger partial charge in [0.2, 0.25) is 0 Å². The van der Waals surface area contributed by atoms with Crippen molar-refractivity contribution in [3.63, 3.8) is 0 Å². The first kappa shape index (κ1) is 29.1. The second-order valence-corrected chi connectivity index (χ2v) is 11.7. The third kappa shape index (κ3) is 5.22. The van der Waals surface area contributed by atoms with Crippen molar-refractivity contribution in [1.82, 2.24) is 9.13 Å². The molecule has 1 aliphatic heterocycles. The van der Waals surface area contributed by atoms with Gasteiger partial charge in [-0.2, -0.15) is 0 Å². The largest absolute Gasteiger partial charge is 0.497 e. The van der Waals surface area contributed by atoms with E-state index in [1.807, 2.05) is 60.7 Å². The average molecular weight is 604 g/mol. The van der Waals surface area contributed by atoms with E-state index in [1.165, 1.54) is 16.9 Å². The minimum Gasteiger partial charge on any atom is -0.497 e. The van der Waals surface area contributed by atoms with Gasteiger partial charge in [-0.15, -0.1) is 0 Å². The molecule has 6 rings (SSSR count). The molecule has 1 aliphatic rings. The lowest BCUT2D eigenvalue weighted by molar-refractivity contribution is -0.138. The minimum atomic E-state index is -0.766. The molecule has 0 unspecified atom stereocenters. The molecule has 7 nitrogen and oxygen atoms in total. The summed E-state index contributed by atoms with van der Waals surface area (Å²) in [6.07, 6.45) is 1.93. The molecule has 0 fully saturated rings. The van der Waals surface area contributed by atoms with E-state index in [4.69, 9.17) is 14.5 Å². The maximum absolute atomic E-state index is 14.3. The molecule has 5 aromatic rings. The molecule has 0 saturated heterocycles. The van der Waals surface area contributed by atoms with E-state index in [1.54, 1.807) is 18.6 Å². The summed E-state index contributed by atoms with van der Waals surface area (Å²) in [5.41, 5.74) is 7.36. The summed E-state index contributed by atoms with van der Waals surface area (Å²) >= 11 is 1.31. The summed E-state index contributed by atoms with van der Waals surface area (Å²) in [6.45, 7) is 8.15. The van der Waals surface area contributed by atoms with Gasteiger partial charge in [-0.05, 0) is 75.2 Å². The number of carbonyl (C=O) groups is 1. The molecule has 0 N–H and O–H groups in total. The molecule has 0 radical (unpaired) electrons. The van der Waals surface area contributed by atoms with Crippen LogP contribution in [0.1, 0.15) is 46.6 Å². The number of esters is 1. The number of fused-ring (bicyclic) bond motifs is 1. The molecule has 44 heavy (non-hydrogen) atoms. The molecule has 3 aromatic carbocycles. The number of methoxy groups -OCH3 is 1.